The van der Waals surface area contributed by atoms with Crippen molar-refractivity contribution in [2.24, 2.45) is 0 Å². The van der Waals surface area contributed by atoms with E-state index in [0.29, 0.717) is 11.8 Å². The molecule has 0 unspecified atom stereocenters. The first kappa shape index (κ1) is 24.5. The molecule has 5 rings (SSSR count). The van der Waals surface area contributed by atoms with Gasteiger partial charge in [-0.25, -0.2) is 0 Å². The predicted molar refractivity (Wildman–Crippen MR) is 154 cm³/mol. The summed E-state index contributed by atoms with van der Waals surface area (Å²) in [7, 11) is 0. The Morgan fingerprint density at radius 3 is 1.31 bits per heavy atom. The SMILES string of the molecule is CC(C)(C)c1ccc(-c2nnc(-c3ccc(N(c4ccc(Br)cc4)c4ccc(Br)cc4)cc3)o2)cc1. The van der Waals surface area contributed by atoms with E-state index in [1.54, 1.807) is 0 Å². The fraction of sp³-hybridized carbons (Fsp3) is 0.133. The van der Waals surface area contributed by atoms with Crippen LogP contribution in [-0.2, 0) is 5.41 Å². The van der Waals surface area contributed by atoms with Crippen LogP contribution in [0, 0.1) is 0 Å². The number of nitrogens with zero attached hydrogens (tertiary/aromatic N) is 3. The molecule has 0 radical (unpaired) electrons. The molecule has 5 aromatic rings. The summed E-state index contributed by atoms with van der Waals surface area (Å²) in [6.45, 7) is 6.60. The van der Waals surface area contributed by atoms with Crippen molar-refractivity contribution < 1.29 is 4.42 Å². The zero-order chi connectivity index (χ0) is 25.3. The van der Waals surface area contributed by atoms with Crippen LogP contribution in [0.5, 0.6) is 0 Å². The Balaban J connectivity index is 1.44. The highest BCUT2D eigenvalue weighted by Gasteiger charge is 2.16. The molecule has 0 amide bonds. The van der Waals surface area contributed by atoms with Gasteiger partial charge in [-0.15, -0.1) is 10.2 Å². The maximum atomic E-state index is 6.03. The minimum atomic E-state index is 0.0979. The van der Waals surface area contributed by atoms with Gasteiger partial charge in [-0.3, -0.25) is 0 Å². The van der Waals surface area contributed by atoms with E-state index < -0.39 is 0 Å². The molecule has 1 aromatic heterocycles. The minimum absolute atomic E-state index is 0.0979. The molecule has 180 valence electrons. The number of aromatic nitrogens is 2. The summed E-state index contributed by atoms with van der Waals surface area (Å²) in [6.07, 6.45) is 0. The van der Waals surface area contributed by atoms with Gasteiger partial charge in [0.2, 0.25) is 11.8 Å². The van der Waals surface area contributed by atoms with E-state index in [2.05, 4.69) is 116 Å². The van der Waals surface area contributed by atoms with E-state index in [0.717, 1.165) is 37.1 Å². The van der Waals surface area contributed by atoms with E-state index in [4.69, 9.17) is 4.42 Å². The molecule has 0 aliphatic heterocycles. The predicted octanol–water partition coefficient (Wildman–Crippen LogP) is 9.70. The molecule has 0 aliphatic rings. The van der Waals surface area contributed by atoms with E-state index in [-0.39, 0.29) is 5.41 Å². The third kappa shape index (κ3) is 5.30. The van der Waals surface area contributed by atoms with Crippen molar-refractivity contribution in [1.82, 2.24) is 10.2 Å². The Labute approximate surface area is 228 Å². The normalized spacial score (nSPS) is 11.5. The number of benzene rings is 4. The van der Waals surface area contributed by atoms with Crippen LogP contribution in [0.4, 0.5) is 17.1 Å². The Kier molecular flexibility index (Phi) is 6.82. The summed E-state index contributed by atoms with van der Waals surface area (Å²) in [5.41, 5.74) is 6.30. The van der Waals surface area contributed by atoms with Gasteiger partial charge in [0.25, 0.3) is 0 Å². The zero-order valence-corrected chi connectivity index (χ0v) is 23.4. The Hall–Kier alpha value is -3.22. The topological polar surface area (TPSA) is 42.2 Å². The molecule has 1 heterocycles. The van der Waals surface area contributed by atoms with Crippen molar-refractivity contribution in [2.75, 3.05) is 4.90 Å². The van der Waals surface area contributed by atoms with Crippen molar-refractivity contribution in [3.8, 4) is 22.9 Å². The van der Waals surface area contributed by atoms with Crippen LogP contribution in [0.3, 0.4) is 0 Å². The molecule has 0 N–H and O–H groups in total. The van der Waals surface area contributed by atoms with Gasteiger partial charge in [0.05, 0.1) is 0 Å². The van der Waals surface area contributed by atoms with Crippen LogP contribution in [-0.4, -0.2) is 10.2 Å². The number of rotatable bonds is 5. The lowest BCUT2D eigenvalue weighted by Crippen LogP contribution is -2.10. The lowest BCUT2D eigenvalue weighted by molar-refractivity contribution is 0.582. The summed E-state index contributed by atoms with van der Waals surface area (Å²) in [4.78, 5) is 2.21. The summed E-state index contributed by atoms with van der Waals surface area (Å²) in [5.74, 6) is 1.01. The van der Waals surface area contributed by atoms with Crippen molar-refractivity contribution in [3.05, 3.63) is 112 Å². The van der Waals surface area contributed by atoms with Gasteiger partial charge in [0, 0.05) is 37.1 Å². The molecule has 4 aromatic carbocycles. The van der Waals surface area contributed by atoms with Gasteiger partial charge in [0.1, 0.15) is 0 Å². The first-order valence-corrected chi connectivity index (χ1v) is 13.2. The van der Waals surface area contributed by atoms with E-state index in [9.17, 15) is 0 Å². The average Bonchev–Trinajstić information content (AvgIpc) is 3.37. The smallest absolute Gasteiger partial charge is 0.248 e. The maximum Gasteiger partial charge on any atom is 0.248 e. The fourth-order valence-corrected chi connectivity index (χ4v) is 4.48. The zero-order valence-electron chi connectivity index (χ0n) is 20.2. The van der Waals surface area contributed by atoms with Gasteiger partial charge < -0.3 is 9.32 Å². The number of hydrogen-bond acceptors (Lipinski definition) is 4. The summed E-state index contributed by atoms with van der Waals surface area (Å²) >= 11 is 7.07. The number of halogens is 2. The summed E-state index contributed by atoms with van der Waals surface area (Å²) in [5, 5.41) is 8.59. The first-order chi connectivity index (χ1) is 17.3. The highest BCUT2D eigenvalue weighted by molar-refractivity contribution is 9.10. The monoisotopic (exact) mass is 601 g/mol. The summed E-state index contributed by atoms with van der Waals surface area (Å²) in [6, 6.07) is 33.0. The molecule has 6 heteroatoms. The van der Waals surface area contributed by atoms with Gasteiger partial charge in [0.15, 0.2) is 0 Å². The van der Waals surface area contributed by atoms with E-state index in [1.165, 1.54) is 5.56 Å². The van der Waals surface area contributed by atoms with Crippen LogP contribution in [0.2, 0.25) is 0 Å². The Morgan fingerprint density at radius 2 is 0.917 bits per heavy atom. The van der Waals surface area contributed by atoms with Gasteiger partial charge in [-0.05, 0) is 95.9 Å². The molecular formula is C30H25Br2N3O. The second-order valence-electron chi connectivity index (χ2n) is 9.57. The van der Waals surface area contributed by atoms with Crippen LogP contribution in [0.1, 0.15) is 26.3 Å². The quantitative estimate of drug-likeness (QED) is 0.201. The Bertz CT molecular complexity index is 1410. The largest absolute Gasteiger partial charge is 0.416 e. The molecular weight excluding hydrogens is 578 g/mol. The Morgan fingerprint density at radius 1 is 0.556 bits per heavy atom. The average molecular weight is 603 g/mol. The van der Waals surface area contributed by atoms with Crippen LogP contribution in [0.15, 0.2) is 110 Å². The second kappa shape index (κ2) is 10.0. The van der Waals surface area contributed by atoms with Crippen LogP contribution in [0.25, 0.3) is 22.9 Å². The molecule has 0 saturated carbocycles. The molecule has 0 spiro atoms. The third-order valence-corrected chi connectivity index (χ3v) is 7.02. The summed E-state index contributed by atoms with van der Waals surface area (Å²) < 4.78 is 8.11. The standard InChI is InChI=1S/C30H25Br2N3O/c1-30(2,3)22-8-4-20(5-9-22)28-33-34-29(36-28)21-6-14-25(15-7-21)35(26-16-10-23(31)11-17-26)27-18-12-24(32)13-19-27/h4-19H,1-3H3. The van der Waals surface area contributed by atoms with Crippen molar-refractivity contribution in [2.45, 2.75) is 26.2 Å². The molecule has 0 atom stereocenters. The molecule has 0 saturated heterocycles. The molecule has 0 fully saturated rings. The van der Waals surface area contributed by atoms with Crippen LogP contribution < -0.4 is 4.90 Å². The van der Waals surface area contributed by atoms with Gasteiger partial charge in [-0.2, -0.15) is 0 Å². The highest BCUT2D eigenvalue weighted by atomic mass is 79.9. The highest BCUT2D eigenvalue weighted by Crippen LogP contribution is 2.37. The number of anilines is 3. The minimum Gasteiger partial charge on any atom is -0.416 e. The second-order valence-corrected chi connectivity index (χ2v) is 11.4. The first-order valence-electron chi connectivity index (χ1n) is 11.6. The van der Waals surface area contributed by atoms with Crippen molar-refractivity contribution in [1.29, 1.82) is 0 Å². The molecule has 36 heavy (non-hydrogen) atoms. The molecule has 0 bridgehead atoms. The third-order valence-electron chi connectivity index (χ3n) is 5.96. The van der Waals surface area contributed by atoms with E-state index in [1.807, 2.05) is 48.5 Å². The van der Waals surface area contributed by atoms with Gasteiger partial charge >= 0.3 is 0 Å². The maximum absolute atomic E-state index is 6.03. The van der Waals surface area contributed by atoms with Crippen LogP contribution >= 0.6 is 31.9 Å². The lowest BCUT2D eigenvalue weighted by atomic mass is 9.87. The van der Waals surface area contributed by atoms with Gasteiger partial charge in [-0.1, -0.05) is 64.8 Å². The fourth-order valence-electron chi connectivity index (χ4n) is 3.95. The number of hydrogen-bond donors (Lipinski definition) is 0. The molecule has 4 nitrogen and oxygen atoms in total. The lowest BCUT2D eigenvalue weighted by Gasteiger charge is -2.25. The van der Waals surface area contributed by atoms with Crippen molar-refractivity contribution >= 4 is 48.9 Å². The van der Waals surface area contributed by atoms with E-state index >= 15 is 0 Å². The molecule has 0 aliphatic carbocycles. The van der Waals surface area contributed by atoms with Crippen molar-refractivity contribution in [3.63, 3.8) is 0 Å².